The fraction of sp³-hybridized carbons (Fsp3) is 0.909. The van der Waals surface area contributed by atoms with Gasteiger partial charge in [-0.2, -0.15) is 5.10 Å². The van der Waals surface area contributed by atoms with Gasteiger partial charge in [0.05, 0.1) is 6.04 Å². The molecule has 0 saturated carbocycles. The fourth-order valence-corrected chi connectivity index (χ4v) is 2.16. The van der Waals surface area contributed by atoms with Crippen molar-refractivity contribution in [2.45, 2.75) is 46.3 Å². The molecule has 1 heterocycles. The quantitative estimate of drug-likeness (QED) is 0.669. The average Bonchev–Trinajstić information content (AvgIpc) is 2.07. The van der Waals surface area contributed by atoms with Crippen molar-refractivity contribution in [3.8, 4) is 0 Å². The Labute approximate surface area is 86.2 Å². The number of rotatable bonds is 2. The summed E-state index contributed by atoms with van der Waals surface area (Å²) in [5.74, 6) is 0.873. The summed E-state index contributed by atoms with van der Waals surface area (Å²) in [4.78, 5) is 0. The highest BCUT2D eigenvalue weighted by molar-refractivity contribution is 5.88. The molecular formula is C11H21FN2. The monoisotopic (exact) mass is 200 g/mol. The molecule has 82 valence electrons. The van der Waals surface area contributed by atoms with Gasteiger partial charge in [-0.1, -0.05) is 20.8 Å². The molecule has 0 radical (unpaired) electrons. The molecule has 0 aromatic heterocycles. The number of alkyl halides is 1. The fourth-order valence-electron chi connectivity index (χ4n) is 2.16. The molecule has 1 aliphatic rings. The number of hydrogen-bond donors (Lipinski definition) is 0. The second kappa shape index (κ2) is 4.28. The van der Waals surface area contributed by atoms with Crippen LogP contribution < -0.4 is 0 Å². The third-order valence-electron chi connectivity index (χ3n) is 2.97. The molecule has 14 heavy (non-hydrogen) atoms. The first kappa shape index (κ1) is 11.5. The minimum absolute atomic E-state index is 0.0486. The highest BCUT2D eigenvalue weighted by Gasteiger charge is 2.30. The Kier molecular flexibility index (Phi) is 3.51. The van der Waals surface area contributed by atoms with E-state index in [9.17, 15) is 4.39 Å². The molecule has 3 atom stereocenters. The summed E-state index contributed by atoms with van der Waals surface area (Å²) in [6.07, 6.45) is 0.0745. The molecule has 0 aromatic carbocycles. The van der Waals surface area contributed by atoms with E-state index >= 15 is 0 Å². The second-order valence-electron chi connectivity index (χ2n) is 4.63. The van der Waals surface area contributed by atoms with Crippen LogP contribution in [0.4, 0.5) is 4.39 Å². The third kappa shape index (κ3) is 2.25. The van der Waals surface area contributed by atoms with Crippen LogP contribution in [0.2, 0.25) is 0 Å². The van der Waals surface area contributed by atoms with E-state index < -0.39 is 6.17 Å². The van der Waals surface area contributed by atoms with Crippen LogP contribution in [0.25, 0.3) is 0 Å². The highest BCUT2D eigenvalue weighted by atomic mass is 19.1. The van der Waals surface area contributed by atoms with Crippen molar-refractivity contribution in [3.05, 3.63) is 0 Å². The molecule has 0 saturated heterocycles. The van der Waals surface area contributed by atoms with Crippen molar-refractivity contribution in [3.63, 3.8) is 0 Å². The molecule has 0 aromatic rings. The van der Waals surface area contributed by atoms with E-state index in [1.54, 1.807) is 11.9 Å². The molecule has 3 unspecified atom stereocenters. The van der Waals surface area contributed by atoms with Crippen molar-refractivity contribution in [1.82, 2.24) is 5.01 Å². The maximum Gasteiger partial charge on any atom is 0.119 e. The van der Waals surface area contributed by atoms with E-state index in [1.165, 1.54) is 5.71 Å². The van der Waals surface area contributed by atoms with E-state index in [-0.39, 0.29) is 6.04 Å². The van der Waals surface area contributed by atoms with E-state index in [1.807, 2.05) is 7.05 Å². The third-order valence-corrected chi connectivity index (χ3v) is 2.97. The van der Waals surface area contributed by atoms with Crippen molar-refractivity contribution in [1.29, 1.82) is 0 Å². The van der Waals surface area contributed by atoms with Gasteiger partial charge in [0, 0.05) is 12.8 Å². The summed E-state index contributed by atoms with van der Waals surface area (Å²) in [7, 11) is 1.87. The predicted octanol–water partition coefficient (Wildman–Crippen LogP) is 2.70. The minimum atomic E-state index is -0.806. The van der Waals surface area contributed by atoms with Crippen LogP contribution in [0.1, 0.15) is 34.1 Å². The summed E-state index contributed by atoms with van der Waals surface area (Å²) in [5, 5.41) is 6.27. The number of halogens is 1. The van der Waals surface area contributed by atoms with Gasteiger partial charge in [-0.05, 0) is 25.2 Å². The van der Waals surface area contributed by atoms with Gasteiger partial charge in [-0.25, -0.2) is 4.39 Å². The van der Waals surface area contributed by atoms with Crippen LogP contribution in [-0.4, -0.2) is 30.0 Å². The Bertz CT molecular complexity index is 223. The molecule has 0 N–H and O–H groups in total. The standard InChI is InChI=1S/C11H21FN2/c1-7(2)11-8(3)6-10(9(4)12)14(5)13-11/h7-10H,6H2,1-5H3. The normalized spacial score (nSPS) is 30.5. The lowest BCUT2D eigenvalue weighted by Gasteiger charge is -2.36. The van der Waals surface area contributed by atoms with Gasteiger partial charge in [0.2, 0.25) is 0 Å². The Morgan fingerprint density at radius 2 is 2.00 bits per heavy atom. The SMILES string of the molecule is CC(C)C1=NN(C)C(C(C)F)CC1C. The molecule has 0 bridgehead atoms. The molecule has 0 fully saturated rings. The minimum Gasteiger partial charge on any atom is -0.294 e. The van der Waals surface area contributed by atoms with Crippen molar-refractivity contribution in [2.24, 2.45) is 16.9 Å². The smallest absolute Gasteiger partial charge is 0.119 e. The summed E-state index contributed by atoms with van der Waals surface area (Å²) < 4.78 is 13.2. The Morgan fingerprint density at radius 3 is 2.43 bits per heavy atom. The number of nitrogens with zero attached hydrogens (tertiary/aromatic N) is 2. The van der Waals surface area contributed by atoms with Gasteiger partial charge >= 0.3 is 0 Å². The van der Waals surface area contributed by atoms with Gasteiger partial charge in [-0.3, -0.25) is 5.01 Å². The Balaban J connectivity index is 2.81. The topological polar surface area (TPSA) is 15.6 Å². The molecule has 3 heteroatoms. The zero-order chi connectivity index (χ0) is 10.9. The first-order valence-corrected chi connectivity index (χ1v) is 5.38. The van der Waals surface area contributed by atoms with E-state index in [0.717, 1.165) is 6.42 Å². The Hall–Kier alpha value is -0.600. The first-order valence-electron chi connectivity index (χ1n) is 5.38. The summed E-state index contributed by atoms with van der Waals surface area (Å²) in [6, 6.07) is -0.0486. The number of hydrogen-bond acceptors (Lipinski definition) is 2. The van der Waals surface area contributed by atoms with Gasteiger partial charge in [0.15, 0.2) is 0 Å². The van der Waals surface area contributed by atoms with Crippen molar-refractivity contribution >= 4 is 5.71 Å². The maximum absolute atomic E-state index is 13.2. The van der Waals surface area contributed by atoms with Gasteiger partial charge < -0.3 is 0 Å². The predicted molar refractivity (Wildman–Crippen MR) is 58.2 cm³/mol. The molecule has 1 aliphatic heterocycles. The molecule has 1 rings (SSSR count). The lowest BCUT2D eigenvalue weighted by Crippen LogP contribution is -2.43. The Morgan fingerprint density at radius 1 is 1.43 bits per heavy atom. The van der Waals surface area contributed by atoms with Crippen LogP contribution in [-0.2, 0) is 0 Å². The molecule has 0 spiro atoms. The van der Waals surface area contributed by atoms with Gasteiger partial charge in [0.25, 0.3) is 0 Å². The van der Waals surface area contributed by atoms with Gasteiger partial charge in [-0.15, -0.1) is 0 Å². The maximum atomic E-state index is 13.2. The largest absolute Gasteiger partial charge is 0.294 e. The van der Waals surface area contributed by atoms with E-state index in [0.29, 0.717) is 11.8 Å². The molecular weight excluding hydrogens is 179 g/mol. The summed E-state index contributed by atoms with van der Waals surface area (Å²) in [6.45, 7) is 8.04. The number of hydrazone groups is 1. The van der Waals surface area contributed by atoms with Crippen LogP contribution in [0, 0.1) is 11.8 Å². The molecule has 2 nitrogen and oxygen atoms in total. The van der Waals surface area contributed by atoms with E-state index in [2.05, 4.69) is 25.9 Å². The zero-order valence-electron chi connectivity index (χ0n) is 9.79. The summed E-state index contributed by atoms with van der Waals surface area (Å²) in [5.41, 5.74) is 1.20. The van der Waals surface area contributed by atoms with Crippen molar-refractivity contribution in [2.75, 3.05) is 7.05 Å². The lowest BCUT2D eigenvalue weighted by molar-refractivity contribution is 0.121. The van der Waals surface area contributed by atoms with Crippen molar-refractivity contribution < 1.29 is 4.39 Å². The van der Waals surface area contributed by atoms with Crippen LogP contribution in [0.15, 0.2) is 5.10 Å². The van der Waals surface area contributed by atoms with Crippen LogP contribution in [0.5, 0.6) is 0 Å². The lowest BCUT2D eigenvalue weighted by atomic mass is 9.87. The molecule has 0 amide bonds. The van der Waals surface area contributed by atoms with E-state index in [4.69, 9.17) is 0 Å². The van der Waals surface area contributed by atoms with Gasteiger partial charge in [0.1, 0.15) is 6.17 Å². The first-order chi connectivity index (χ1) is 6.43. The van der Waals surface area contributed by atoms with Crippen LogP contribution in [0.3, 0.4) is 0 Å². The van der Waals surface area contributed by atoms with Crippen LogP contribution >= 0.6 is 0 Å². The second-order valence-corrected chi connectivity index (χ2v) is 4.63. The zero-order valence-corrected chi connectivity index (χ0v) is 9.79. The highest BCUT2D eigenvalue weighted by Crippen LogP contribution is 2.25. The molecule has 0 aliphatic carbocycles. The summed E-state index contributed by atoms with van der Waals surface area (Å²) >= 11 is 0. The average molecular weight is 200 g/mol.